The third-order valence-electron chi connectivity index (χ3n) is 2.99. The van der Waals surface area contributed by atoms with Gasteiger partial charge in [-0.1, -0.05) is 30.3 Å². The van der Waals surface area contributed by atoms with Crippen molar-refractivity contribution in [3.63, 3.8) is 0 Å². The topological polar surface area (TPSA) is 46.9 Å². The number of imidazole rings is 1. The second-order valence-electron chi connectivity index (χ2n) is 4.35. The molecule has 0 saturated carbocycles. The Morgan fingerprint density at radius 1 is 1.25 bits per heavy atom. The zero-order valence-electron chi connectivity index (χ0n) is 10.9. The average Bonchev–Trinajstić information content (AvgIpc) is 3.10. The normalized spacial score (nSPS) is 10.4. The van der Waals surface area contributed by atoms with Crippen LogP contribution in [-0.4, -0.2) is 15.6 Å². The highest BCUT2D eigenvalue weighted by atomic mass is 32.1. The van der Waals surface area contributed by atoms with Gasteiger partial charge in [-0.3, -0.25) is 10.2 Å². The molecule has 4 nitrogen and oxygen atoms in total. The van der Waals surface area contributed by atoms with E-state index >= 15 is 0 Å². The van der Waals surface area contributed by atoms with Crippen LogP contribution in [0.5, 0.6) is 0 Å². The van der Waals surface area contributed by atoms with Crippen molar-refractivity contribution in [1.82, 2.24) is 9.66 Å². The van der Waals surface area contributed by atoms with Crippen LogP contribution in [0, 0.1) is 6.92 Å². The molecule has 0 atom stereocenters. The van der Waals surface area contributed by atoms with E-state index in [2.05, 4.69) is 10.4 Å². The number of thiophene rings is 1. The number of aromatic nitrogens is 2. The summed E-state index contributed by atoms with van der Waals surface area (Å²) >= 11 is 1.41. The average molecular weight is 283 g/mol. The Hall–Kier alpha value is -2.40. The van der Waals surface area contributed by atoms with Crippen LogP contribution in [0.3, 0.4) is 0 Å². The third-order valence-corrected chi connectivity index (χ3v) is 3.86. The molecule has 0 unspecified atom stereocenters. The molecule has 0 aliphatic rings. The van der Waals surface area contributed by atoms with Crippen molar-refractivity contribution in [2.75, 3.05) is 5.43 Å². The summed E-state index contributed by atoms with van der Waals surface area (Å²) in [6, 6.07) is 11.6. The zero-order chi connectivity index (χ0) is 13.9. The van der Waals surface area contributed by atoms with E-state index in [1.165, 1.54) is 11.3 Å². The maximum absolute atomic E-state index is 12.1. The van der Waals surface area contributed by atoms with Crippen molar-refractivity contribution in [3.8, 4) is 11.4 Å². The van der Waals surface area contributed by atoms with Crippen LogP contribution in [-0.2, 0) is 0 Å². The molecule has 0 aliphatic heterocycles. The molecule has 0 spiro atoms. The summed E-state index contributed by atoms with van der Waals surface area (Å²) in [7, 11) is 0. The van der Waals surface area contributed by atoms with E-state index in [1.54, 1.807) is 23.1 Å². The molecule has 2 heterocycles. The SMILES string of the molecule is Cc1ccccc1-c1nccn1NC(=O)c1cccs1. The first-order valence-corrected chi connectivity index (χ1v) is 7.08. The van der Waals surface area contributed by atoms with E-state index in [9.17, 15) is 4.79 Å². The maximum atomic E-state index is 12.1. The first-order chi connectivity index (χ1) is 9.75. The highest BCUT2D eigenvalue weighted by Gasteiger charge is 2.12. The highest BCUT2D eigenvalue weighted by molar-refractivity contribution is 7.12. The smallest absolute Gasteiger partial charge is 0.266 e. The van der Waals surface area contributed by atoms with E-state index in [1.807, 2.05) is 42.6 Å². The molecule has 1 amide bonds. The van der Waals surface area contributed by atoms with Crippen LogP contribution < -0.4 is 5.43 Å². The van der Waals surface area contributed by atoms with Gasteiger partial charge in [-0.2, -0.15) is 0 Å². The molecule has 3 rings (SSSR count). The monoisotopic (exact) mass is 283 g/mol. The van der Waals surface area contributed by atoms with Crippen molar-refractivity contribution < 1.29 is 4.79 Å². The Labute approximate surface area is 120 Å². The van der Waals surface area contributed by atoms with Crippen LogP contribution in [0.4, 0.5) is 0 Å². The standard InChI is InChI=1S/C15H13N3OS/c1-11-5-2-3-6-12(11)14-16-8-9-18(14)17-15(19)13-7-4-10-20-13/h2-10H,1H3,(H,17,19). The Bertz CT molecular complexity index is 731. The minimum atomic E-state index is -0.132. The number of benzene rings is 1. The van der Waals surface area contributed by atoms with Gasteiger partial charge in [0.25, 0.3) is 5.91 Å². The lowest BCUT2D eigenvalue weighted by molar-refractivity contribution is 0.101. The zero-order valence-corrected chi connectivity index (χ0v) is 11.7. The molecular formula is C15H13N3OS. The molecule has 1 N–H and O–H groups in total. The molecule has 0 bridgehead atoms. The van der Waals surface area contributed by atoms with E-state index in [0.29, 0.717) is 4.88 Å². The molecule has 1 aromatic carbocycles. The Morgan fingerprint density at radius 2 is 2.10 bits per heavy atom. The van der Waals surface area contributed by atoms with Crippen LogP contribution in [0.1, 0.15) is 15.2 Å². The van der Waals surface area contributed by atoms with Gasteiger partial charge in [-0.25, -0.2) is 9.66 Å². The van der Waals surface area contributed by atoms with Gasteiger partial charge in [0.2, 0.25) is 0 Å². The maximum Gasteiger partial charge on any atom is 0.280 e. The summed E-state index contributed by atoms with van der Waals surface area (Å²) in [5.41, 5.74) is 4.96. The second-order valence-corrected chi connectivity index (χ2v) is 5.30. The van der Waals surface area contributed by atoms with E-state index in [-0.39, 0.29) is 5.91 Å². The van der Waals surface area contributed by atoms with Gasteiger partial charge in [-0.15, -0.1) is 11.3 Å². The Balaban J connectivity index is 1.92. The molecule has 0 radical (unpaired) electrons. The fraction of sp³-hybridized carbons (Fsp3) is 0.0667. The minimum absolute atomic E-state index is 0.132. The Morgan fingerprint density at radius 3 is 2.85 bits per heavy atom. The van der Waals surface area contributed by atoms with Crippen LogP contribution in [0.15, 0.2) is 54.2 Å². The number of nitrogens with zero attached hydrogens (tertiary/aromatic N) is 2. The molecule has 3 aromatic rings. The fourth-order valence-electron chi connectivity index (χ4n) is 1.99. The lowest BCUT2D eigenvalue weighted by Gasteiger charge is -2.10. The molecular weight excluding hydrogens is 270 g/mol. The quantitative estimate of drug-likeness (QED) is 0.801. The molecule has 100 valence electrons. The summed E-state index contributed by atoms with van der Waals surface area (Å²) in [6.07, 6.45) is 3.42. The van der Waals surface area contributed by atoms with E-state index in [0.717, 1.165) is 17.0 Å². The minimum Gasteiger partial charge on any atom is -0.266 e. The van der Waals surface area contributed by atoms with Gasteiger partial charge >= 0.3 is 0 Å². The summed E-state index contributed by atoms with van der Waals surface area (Å²) in [5.74, 6) is 0.598. The number of carbonyl (C=O) groups is 1. The number of rotatable bonds is 3. The predicted octanol–water partition coefficient (Wildman–Crippen LogP) is 3.30. The second kappa shape index (κ2) is 5.30. The van der Waals surface area contributed by atoms with Gasteiger partial charge in [0.15, 0.2) is 5.82 Å². The summed E-state index contributed by atoms with van der Waals surface area (Å²) in [4.78, 5) is 17.1. The van der Waals surface area contributed by atoms with Gasteiger partial charge in [-0.05, 0) is 23.9 Å². The van der Waals surface area contributed by atoms with Gasteiger partial charge in [0.05, 0.1) is 4.88 Å². The Kier molecular flexibility index (Phi) is 3.35. The molecule has 5 heteroatoms. The third kappa shape index (κ3) is 2.35. The predicted molar refractivity (Wildman–Crippen MR) is 80.4 cm³/mol. The molecule has 0 aliphatic carbocycles. The van der Waals surface area contributed by atoms with Crippen molar-refractivity contribution in [3.05, 3.63) is 64.6 Å². The van der Waals surface area contributed by atoms with E-state index in [4.69, 9.17) is 0 Å². The summed E-state index contributed by atoms with van der Waals surface area (Å²) in [6.45, 7) is 2.02. The highest BCUT2D eigenvalue weighted by Crippen LogP contribution is 2.20. The summed E-state index contributed by atoms with van der Waals surface area (Å²) < 4.78 is 1.66. The molecule has 0 saturated heterocycles. The van der Waals surface area contributed by atoms with Gasteiger partial charge in [0.1, 0.15) is 0 Å². The van der Waals surface area contributed by atoms with E-state index < -0.39 is 0 Å². The first-order valence-electron chi connectivity index (χ1n) is 6.20. The molecule has 0 fully saturated rings. The number of aryl methyl sites for hydroxylation is 1. The number of carbonyl (C=O) groups excluding carboxylic acids is 1. The lowest BCUT2D eigenvalue weighted by atomic mass is 10.1. The number of hydrogen-bond acceptors (Lipinski definition) is 3. The van der Waals surface area contributed by atoms with Crippen LogP contribution in [0.25, 0.3) is 11.4 Å². The lowest BCUT2D eigenvalue weighted by Crippen LogP contribution is -2.22. The van der Waals surface area contributed by atoms with Crippen molar-refractivity contribution in [2.45, 2.75) is 6.92 Å². The largest absolute Gasteiger partial charge is 0.280 e. The van der Waals surface area contributed by atoms with Crippen molar-refractivity contribution in [2.24, 2.45) is 0 Å². The fourth-order valence-corrected chi connectivity index (χ4v) is 2.60. The number of amides is 1. The van der Waals surface area contributed by atoms with Gasteiger partial charge < -0.3 is 0 Å². The number of nitrogens with one attached hydrogen (secondary N) is 1. The molecule has 2 aromatic heterocycles. The number of hydrogen-bond donors (Lipinski definition) is 1. The molecule has 20 heavy (non-hydrogen) atoms. The summed E-state index contributed by atoms with van der Waals surface area (Å²) in [5, 5.41) is 1.88. The van der Waals surface area contributed by atoms with Crippen molar-refractivity contribution >= 4 is 17.2 Å². The van der Waals surface area contributed by atoms with Crippen LogP contribution in [0.2, 0.25) is 0 Å². The van der Waals surface area contributed by atoms with Crippen LogP contribution >= 0.6 is 11.3 Å². The first kappa shape index (κ1) is 12.6. The van der Waals surface area contributed by atoms with Gasteiger partial charge in [0, 0.05) is 18.0 Å². The van der Waals surface area contributed by atoms with Crippen molar-refractivity contribution in [1.29, 1.82) is 0 Å².